The smallest absolute Gasteiger partial charge is 0.162 e. The molecule has 0 unspecified atom stereocenters. The van der Waals surface area contributed by atoms with E-state index in [0.717, 1.165) is 39.4 Å². The quantitative estimate of drug-likeness (QED) is 0.902. The van der Waals surface area contributed by atoms with E-state index in [0.29, 0.717) is 0 Å². The maximum absolute atomic E-state index is 4.81. The molecule has 2 rings (SSSR count). The third kappa shape index (κ3) is 3.23. The van der Waals surface area contributed by atoms with Crippen LogP contribution in [0.2, 0.25) is 0 Å². The van der Waals surface area contributed by atoms with Crippen molar-refractivity contribution < 1.29 is 0 Å². The van der Waals surface area contributed by atoms with E-state index in [1.165, 1.54) is 0 Å². The van der Waals surface area contributed by atoms with Gasteiger partial charge in [-0.15, -0.1) is 0 Å². The van der Waals surface area contributed by atoms with E-state index in [4.69, 9.17) is 4.98 Å². The van der Waals surface area contributed by atoms with Gasteiger partial charge in [-0.3, -0.25) is 4.98 Å². The Bertz CT molecular complexity index is 647. The molecule has 2 aromatic rings. The number of nitrogens with zero attached hydrogens (tertiary/aromatic N) is 3. The molecule has 0 fully saturated rings. The molecule has 4 nitrogen and oxygen atoms in total. The van der Waals surface area contributed by atoms with E-state index in [2.05, 4.69) is 58.9 Å². The highest BCUT2D eigenvalue weighted by atomic mass is 79.9. The van der Waals surface area contributed by atoms with Crippen LogP contribution in [-0.4, -0.2) is 22.0 Å². The van der Waals surface area contributed by atoms with E-state index >= 15 is 0 Å². The molecule has 0 radical (unpaired) electrons. The number of hydrogen-bond donors (Lipinski definition) is 1. The van der Waals surface area contributed by atoms with Crippen molar-refractivity contribution in [3.05, 3.63) is 34.2 Å². The van der Waals surface area contributed by atoms with Gasteiger partial charge < -0.3 is 5.32 Å². The molecule has 0 saturated heterocycles. The Morgan fingerprint density at radius 2 is 1.95 bits per heavy atom. The number of rotatable bonds is 3. The number of pyridine rings is 1. The van der Waals surface area contributed by atoms with Gasteiger partial charge in [0.25, 0.3) is 0 Å². The van der Waals surface area contributed by atoms with Gasteiger partial charge in [-0.2, -0.15) is 0 Å². The normalized spacial score (nSPS) is 11.5. The van der Waals surface area contributed by atoms with Gasteiger partial charge in [-0.25, -0.2) is 9.97 Å². The zero-order valence-electron chi connectivity index (χ0n) is 13.2. The maximum Gasteiger partial charge on any atom is 0.162 e. The largest absolute Gasteiger partial charge is 0.372 e. The van der Waals surface area contributed by atoms with Crippen molar-refractivity contribution in [3.8, 4) is 11.4 Å². The molecule has 0 saturated carbocycles. The van der Waals surface area contributed by atoms with Crippen molar-refractivity contribution in [3.63, 3.8) is 0 Å². The van der Waals surface area contributed by atoms with Gasteiger partial charge in [0.2, 0.25) is 0 Å². The lowest BCUT2D eigenvalue weighted by atomic mass is 9.91. The van der Waals surface area contributed by atoms with E-state index in [1.807, 2.05) is 19.3 Å². The summed E-state index contributed by atoms with van der Waals surface area (Å²) in [5.41, 5.74) is 3.13. The summed E-state index contributed by atoms with van der Waals surface area (Å²) >= 11 is 3.62. The summed E-state index contributed by atoms with van der Waals surface area (Å²) in [5.74, 6) is 1.55. The fourth-order valence-corrected chi connectivity index (χ4v) is 3.13. The predicted molar refractivity (Wildman–Crippen MR) is 90.6 cm³/mol. The van der Waals surface area contributed by atoms with Gasteiger partial charge in [-0.05, 0) is 34.0 Å². The molecule has 112 valence electrons. The molecule has 0 aliphatic rings. The molecule has 0 atom stereocenters. The van der Waals surface area contributed by atoms with Crippen molar-refractivity contribution in [2.45, 2.75) is 39.5 Å². The van der Waals surface area contributed by atoms with Crippen molar-refractivity contribution >= 4 is 21.7 Å². The fraction of sp³-hybridized carbons (Fsp3) is 0.438. The zero-order valence-corrected chi connectivity index (χ0v) is 14.7. The minimum Gasteiger partial charge on any atom is -0.372 e. The van der Waals surface area contributed by atoms with E-state index in [1.54, 1.807) is 6.20 Å². The molecule has 2 aromatic heterocycles. The standard InChI is InChI=1S/C16H21BrN4/c1-6-10-9-19-8-7-11(10)14-20-13(16(2,3)4)12(17)15(18-5)21-14/h7-9H,6H2,1-5H3,(H,18,20,21). The van der Waals surface area contributed by atoms with Gasteiger partial charge in [-0.1, -0.05) is 27.7 Å². The Morgan fingerprint density at radius 3 is 2.52 bits per heavy atom. The second-order valence-electron chi connectivity index (χ2n) is 5.94. The minimum atomic E-state index is -0.0679. The van der Waals surface area contributed by atoms with Crippen LogP contribution in [0.25, 0.3) is 11.4 Å². The monoisotopic (exact) mass is 348 g/mol. The number of anilines is 1. The van der Waals surface area contributed by atoms with Crippen LogP contribution in [-0.2, 0) is 11.8 Å². The van der Waals surface area contributed by atoms with Crippen molar-refractivity contribution in [2.24, 2.45) is 0 Å². The van der Waals surface area contributed by atoms with Crippen LogP contribution in [0.15, 0.2) is 22.9 Å². The Labute approximate surface area is 134 Å². The van der Waals surface area contributed by atoms with Crippen LogP contribution in [0.1, 0.15) is 39.0 Å². The van der Waals surface area contributed by atoms with Gasteiger partial charge in [0.15, 0.2) is 5.82 Å². The van der Waals surface area contributed by atoms with Crippen LogP contribution in [0, 0.1) is 0 Å². The number of aromatic nitrogens is 3. The highest BCUT2D eigenvalue weighted by molar-refractivity contribution is 9.10. The highest BCUT2D eigenvalue weighted by Gasteiger charge is 2.23. The zero-order chi connectivity index (χ0) is 15.6. The molecule has 0 aromatic carbocycles. The van der Waals surface area contributed by atoms with Crippen LogP contribution >= 0.6 is 15.9 Å². The molecule has 0 aliphatic carbocycles. The number of aryl methyl sites for hydroxylation is 1. The lowest BCUT2D eigenvalue weighted by Gasteiger charge is -2.22. The predicted octanol–water partition coefficient (Wildman–Crippen LogP) is 4.20. The molecule has 1 N–H and O–H groups in total. The van der Waals surface area contributed by atoms with Gasteiger partial charge >= 0.3 is 0 Å². The average molecular weight is 349 g/mol. The summed E-state index contributed by atoms with van der Waals surface area (Å²) in [6, 6.07) is 1.98. The highest BCUT2D eigenvalue weighted by Crippen LogP contribution is 2.34. The first-order valence-electron chi connectivity index (χ1n) is 7.07. The minimum absolute atomic E-state index is 0.0679. The summed E-state index contributed by atoms with van der Waals surface area (Å²) < 4.78 is 0.924. The maximum atomic E-state index is 4.81. The second-order valence-corrected chi connectivity index (χ2v) is 6.74. The third-order valence-corrected chi connectivity index (χ3v) is 4.07. The molecular formula is C16H21BrN4. The summed E-state index contributed by atoms with van der Waals surface area (Å²) in [4.78, 5) is 13.6. The molecular weight excluding hydrogens is 328 g/mol. The fourth-order valence-electron chi connectivity index (χ4n) is 2.16. The summed E-state index contributed by atoms with van der Waals surface area (Å²) in [6.07, 6.45) is 4.58. The Balaban J connectivity index is 2.70. The van der Waals surface area contributed by atoms with Crippen molar-refractivity contribution in [1.29, 1.82) is 0 Å². The second kappa shape index (κ2) is 6.10. The Hall–Kier alpha value is -1.49. The number of halogens is 1. The first-order valence-corrected chi connectivity index (χ1v) is 7.86. The van der Waals surface area contributed by atoms with Crippen LogP contribution in [0.4, 0.5) is 5.82 Å². The average Bonchev–Trinajstić information content (AvgIpc) is 2.46. The van der Waals surface area contributed by atoms with Crippen molar-refractivity contribution in [1.82, 2.24) is 15.0 Å². The van der Waals surface area contributed by atoms with Gasteiger partial charge in [0, 0.05) is 30.4 Å². The first kappa shape index (κ1) is 15.9. The lowest BCUT2D eigenvalue weighted by molar-refractivity contribution is 0.564. The Morgan fingerprint density at radius 1 is 1.24 bits per heavy atom. The summed E-state index contributed by atoms with van der Waals surface area (Å²) in [6.45, 7) is 8.56. The third-order valence-electron chi connectivity index (χ3n) is 3.32. The number of hydrogen-bond acceptors (Lipinski definition) is 4. The van der Waals surface area contributed by atoms with Crippen LogP contribution in [0.5, 0.6) is 0 Å². The molecule has 0 amide bonds. The topological polar surface area (TPSA) is 50.7 Å². The van der Waals surface area contributed by atoms with Gasteiger partial charge in [0.05, 0.1) is 10.2 Å². The summed E-state index contributed by atoms with van der Waals surface area (Å²) in [7, 11) is 1.87. The first-order chi connectivity index (χ1) is 9.88. The van der Waals surface area contributed by atoms with Crippen LogP contribution < -0.4 is 5.32 Å². The summed E-state index contributed by atoms with van der Waals surface area (Å²) in [5, 5.41) is 3.14. The molecule has 0 spiro atoms. The van der Waals surface area contributed by atoms with E-state index in [9.17, 15) is 0 Å². The lowest BCUT2D eigenvalue weighted by Crippen LogP contribution is -2.17. The SMILES string of the molecule is CCc1cnccc1-c1nc(NC)c(Br)c(C(C)(C)C)n1. The van der Waals surface area contributed by atoms with E-state index < -0.39 is 0 Å². The number of nitrogens with one attached hydrogen (secondary N) is 1. The van der Waals surface area contributed by atoms with Crippen molar-refractivity contribution in [2.75, 3.05) is 12.4 Å². The molecule has 21 heavy (non-hydrogen) atoms. The van der Waals surface area contributed by atoms with Gasteiger partial charge in [0.1, 0.15) is 5.82 Å². The van der Waals surface area contributed by atoms with E-state index in [-0.39, 0.29) is 5.41 Å². The molecule has 0 bridgehead atoms. The van der Waals surface area contributed by atoms with Crippen LogP contribution in [0.3, 0.4) is 0 Å². The molecule has 0 aliphatic heterocycles. The molecule has 5 heteroatoms. The molecule has 2 heterocycles. The Kier molecular flexibility index (Phi) is 4.61.